The summed E-state index contributed by atoms with van der Waals surface area (Å²) < 4.78 is 328. The first-order valence-electron chi connectivity index (χ1n) is 13.2. The lowest BCUT2D eigenvalue weighted by molar-refractivity contribution is -0.414. The molecule has 0 spiro atoms. The fraction of sp³-hybridized carbons (Fsp3) is 0.917. The van der Waals surface area contributed by atoms with Gasteiger partial charge in [-0.25, -0.2) is 17.6 Å². The molecule has 308 valence electrons. The molecule has 0 amide bonds. The maximum atomic E-state index is 14.1. The Kier molecular flexibility index (Phi) is 12.0. The lowest BCUT2D eigenvalue weighted by Gasteiger charge is -2.41. The van der Waals surface area contributed by atoms with Crippen molar-refractivity contribution in [1.82, 2.24) is 0 Å². The lowest BCUT2D eigenvalue weighted by atomic mass is 9.65. The largest absolute Gasteiger partial charge is 0.459 e. The summed E-state index contributed by atoms with van der Waals surface area (Å²) in [5.41, 5.74) is -5.02. The fourth-order valence-electron chi connectivity index (χ4n) is 4.58. The summed E-state index contributed by atoms with van der Waals surface area (Å²) in [7, 11) is 0. The molecule has 0 aliphatic heterocycles. The molecule has 0 aromatic heterocycles. The summed E-state index contributed by atoms with van der Waals surface area (Å²) in [6.45, 7) is -5.00. The first-order chi connectivity index (χ1) is 22.5. The van der Waals surface area contributed by atoms with Crippen molar-refractivity contribution in [3.05, 3.63) is 0 Å². The second-order valence-electron chi connectivity index (χ2n) is 12.0. The summed E-state index contributed by atoms with van der Waals surface area (Å²) in [6, 6.07) is 0. The molecule has 4 nitrogen and oxygen atoms in total. The first-order valence-corrected chi connectivity index (χ1v) is 13.2. The molecule has 52 heavy (non-hydrogen) atoms. The van der Waals surface area contributed by atoms with Gasteiger partial charge in [0.25, 0.3) is 0 Å². The van der Waals surface area contributed by atoms with Crippen LogP contribution in [-0.2, 0) is 19.1 Å². The minimum Gasteiger partial charge on any atom is -0.459 e. The highest BCUT2D eigenvalue weighted by Gasteiger charge is 2.89. The molecule has 0 aromatic carbocycles. The SMILES string of the molecule is CC1(C)[C@@H](C(=O)OCC(F)(F)C(F)(F)C(F)(F)C(F)(F)C(F)(F)C(F)F)CC[C@@]1(C)C(=O)OCC(F)(F)C(F)(F)C(F)(F)C(F)(F)C(F)(F)C(F)F. The Balaban J connectivity index is 3.26. The maximum Gasteiger partial charge on any atom is 0.384 e. The highest BCUT2D eigenvalue weighted by Crippen LogP contribution is 2.61. The van der Waals surface area contributed by atoms with Gasteiger partial charge in [-0.3, -0.25) is 9.59 Å². The molecule has 1 saturated carbocycles. The van der Waals surface area contributed by atoms with Crippen molar-refractivity contribution in [2.75, 3.05) is 13.2 Å². The van der Waals surface area contributed by atoms with Gasteiger partial charge in [0.05, 0.1) is 11.3 Å². The molecule has 0 radical (unpaired) electrons. The van der Waals surface area contributed by atoms with Gasteiger partial charge in [0, 0.05) is 0 Å². The van der Waals surface area contributed by atoms with Crippen LogP contribution in [0.1, 0.15) is 33.6 Å². The third kappa shape index (κ3) is 6.55. The van der Waals surface area contributed by atoms with Crippen LogP contribution in [0.25, 0.3) is 0 Å². The smallest absolute Gasteiger partial charge is 0.384 e. The number of halogens is 24. The molecule has 1 rings (SSSR count). The quantitative estimate of drug-likeness (QED) is 0.115. The lowest BCUT2D eigenvalue weighted by Crippen LogP contribution is -2.69. The van der Waals surface area contributed by atoms with E-state index in [1.165, 1.54) is 0 Å². The summed E-state index contributed by atoms with van der Waals surface area (Å²) in [5.74, 6) is -82.4. The molecule has 1 aliphatic carbocycles. The Hall–Kier alpha value is -2.74. The molecule has 28 heteroatoms. The van der Waals surface area contributed by atoms with Crippen molar-refractivity contribution in [3.8, 4) is 0 Å². The Morgan fingerprint density at radius 2 is 0.846 bits per heavy atom. The van der Waals surface area contributed by atoms with Gasteiger partial charge in [-0.15, -0.1) is 0 Å². The van der Waals surface area contributed by atoms with Gasteiger partial charge >= 0.3 is 84.0 Å². The van der Waals surface area contributed by atoms with E-state index in [2.05, 4.69) is 9.47 Å². The zero-order valence-electron chi connectivity index (χ0n) is 25.3. The average Bonchev–Trinajstić information content (AvgIpc) is 3.22. The average molecular weight is 828 g/mol. The van der Waals surface area contributed by atoms with Crippen molar-refractivity contribution >= 4 is 11.9 Å². The Morgan fingerprint density at radius 3 is 1.15 bits per heavy atom. The molecule has 2 atom stereocenters. The number of ether oxygens (including phenoxy) is 2. The summed E-state index contributed by atoms with van der Waals surface area (Å²) in [6.07, 6.45) is -13.6. The molecular weight excluding hydrogens is 808 g/mol. The number of carbonyl (C=O) groups excluding carboxylic acids is 2. The van der Waals surface area contributed by atoms with Gasteiger partial charge in [-0.1, -0.05) is 13.8 Å². The Bertz CT molecular complexity index is 1320. The highest BCUT2D eigenvalue weighted by atomic mass is 19.4. The zero-order chi connectivity index (χ0) is 42.1. The monoisotopic (exact) mass is 828 g/mol. The predicted molar refractivity (Wildman–Crippen MR) is 118 cm³/mol. The Morgan fingerprint density at radius 1 is 0.538 bits per heavy atom. The minimum atomic E-state index is -8.01. The van der Waals surface area contributed by atoms with E-state index >= 15 is 0 Å². The molecule has 0 heterocycles. The van der Waals surface area contributed by atoms with E-state index in [0.717, 1.165) is 0 Å². The van der Waals surface area contributed by atoms with Crippen LogP contribution in [0.2, 0.25) is 0 Å². The van der Waals surface area contributed by atoms with Crippen molar-refractivity contribution in [2.24, 2.45) is 16.7 Å². The van der Waals surface area contributed by atoms with E-state index in [-0.39, 0.29) is 0 Å². The molecule has 1 fully saturated rings. The summed E-state index contributed by atoms with van der Waals surface area (Å²) in [4.78, 5) is 25.0. The molecule has 0 aromatic rings. The van der Waals surface area contributed by atoms with Crippen molar-refractivity contribution < 1.29 is 124 Å². The Labute approximate surface area is 273 Å². The minimum absolute atomic E-state index is 0.541. The van der Waals surface area contributed by atoms with Crippen molar-refractivity contribution in [3.63, 3.8) is 0 Å². The van der Waals surface area contributed by atoms with E-state index in [0.29, 0.717) is 20.8 Å². The van der Waals surface area contributed by atoms with Crippen molar-refractivity contribution in [1.29, 1.82) is 0 Å². The van der Waals surface area contributed by atoms with Gasteiger partial charge in [0.1, 0.15) is 0 Å². The summed E-state index contributed by atoms with van der Waals surface area (Å²) in [5, 5.41) is 0. The van der Waals surface area contributed by atoms with E-state index < -0.39 is 127 Å². The number of hydrogen-bond donors (Lipinski definition) is 0. The van der Waals surface area contributed by atoms with Gasteiger partial charge in [-0.2, -0.15) is 87.8 Å². The predicted octanol–water partition coefficient (Wildman–Crippen LogP) is 9.40. The van der Waals surface area contributed by atoms with E-state index in [1.807, 2.05) is 0 Å². The van der Waals surface area contributed by atoms with Crippen LogP contribution in [0, 0.1) is 16.7 Å². The van der Waals surface area contributed by atoms with Crippen LogP contribution in [0.15, 0.2) is 0 Å². The van der Waals surface area contributed by atoms with Gasteiger partial charge in [0.2, 0.25) is 0 Å². The number of carbonyl (C=O) groups is 2. The fourth-order valence-corrected chi connectivity index (χ4v) is 4.58. The van der Waals surface area contributed by atoms with E-state index in [1.54, 1.807) is 0 Å². The number of esters is 2. The normalized spacial score (nSPS) is 21.9. The second-order valence-corrected chi connectivity index (χ2v) is 12.0. The van der Waals surface area contributed by atoms with Crippen LogP contribution in [-0.4, -0.2) is 97.2 Å². The van der Waals surface area contributed by atoms with Crippen molar-refractivity contribution in [2.45, 2.75) is 106 Å². The van der Waals surface area contributed by atoms with E-state index in [9.17, 15) is 115 Å². The number of rotatable bonds is 16. The molecule has 0 bridgehead atoms. The zero-order valence-corrected chi connectivity index (χ0v) is 25.3. The van der Waals surface area contributed by atoms with Crippen LogP contribution in [0.5, 0.6) is 0 Å². The molecular formula is C24H20F24O4. The standard InChI is InChI=1S/C24H20F24O4/c1-13(2)8(9(49)51-6-15(29,30)19(37,38)23(45,46)21(41,42)17(33,34)10(25)26)4-5-14(13,3)12(50)52-7-16(31,32)20(39,40)24(47,48)22(43,44)18(35,36)11(27)28/h8,10-11H,4-7H2,1-3H3/t8-,14+/m1/s1. The molecule has 1 aliphatic rings. The second kappa shape index (κ2) is 13.2. The number of hydrogen-bond acceptors (Lipinski definition) is 4. The van der Waals surface area contributed by atoms with E-state index in [4.69, 9.17) is 0 Å². The number of alkyl halides is 24. The van der Waals surface area contributed by atoms with Gasteiger partial charge in [0.15, 0.2) is 13.2 Å². The molecule has 0 unspecified atom stereocenters. The van der Waals surface area contributed by atoms with Crippen LogP contribution in [0.3, 0.4) is 0 Å². The maximum absolute atomic E-state index is 14.1. The van der Waals surface area contributed by atoms with Crippen LogP contribution >= 0.6 is 0 Å². The van der Waals surface area contributed by atoms with Crippen LogP contribution in [0.4, 0.5) is 105 Å². The van der Waals surface area contributed by atoms with Gasteiger partial charge < -0.3 is 9.47 Å². The van der Waals surface area contributed by atoms with Gasteiger partial charge in [-0.05, 0) is 25.2 Å². The third-order valence-corrected chi connectivity index (χ3v) is 8.62. The first kappa shape index (κ1) is 47.3. The third-order valence-electron chi connectivity index (χ3n) is 8.62. The molecule has 0 N–H and O–H groups in total. The van der Waals surface area contributed by atoms with Crippen LogP contribution < -0.4 is 0 Å². The summed E-state index contributed by atoms with van der Waals surface area (Å²) >= 11 is 0. The highest BCUT2D eigenvalue weighted by molar-refractivity contribution is 5.82. The topological polar surface area (TPSA) is 52.6 Å². The molecule has 0 saturated heterocycles.